The van der Waals surface area contributed by atoms with Gasteiger partial charge in [-0.2, -0.15) is 0 Å². The first kappa shape index (κ1) is 15.1. The summed E-state index contributed by atoms with van der Waals surface area (Å²) in [6.45, 7) is 7.54. The Balaban J connectivity index is 2.03. The van der Waals surface area contributed by atoms with Crippen LogP contribution in [0.4, 0.5) is 4.79 Å². The second kappa shape index (κ2) is 5.97. The predicted molar refractivity (Wildman–Crippen MR) is 77.8 cm³/mol. The van der Waals surface area contributed by atoms with Crippen LogP contribution >= 0.6 is 11.6 Å². The van der Waals surface area contributed by atoms with E-state index in [9.17, 15) is 4.79 Å². The number of carbonyl (C=O) groups excluding carboxylic acids is 1. The van der Waals surface area contributed by atoms with E-state index >= 15 is 0 Å². The summed E-state index contributed by atoms with van der Waals surface area (Å²) in [7, 11) is 0. The maximum atomic E-state index is 12.1. The third-order valence-electron chi connectivity index (χ3n) is 2.98. The van der Waals surface area contributed by atoms with Gasteiger partial charge in [-0.15, -0.1) is 0 Å². The van der Waals surface area contributed by atoms with Gasteiger partial charge in [-0.1, -0.05) is 11.6 Å². The molecule has 1 amide bonds. The molecule has 0 aliphatic carbocycles. The minimum atomic E-state index is -0.475. The molecule has 0 saturated carbocycles. The van der Waals surface area contributed by atoms with Gasteiger partial charge in [0.05, 0.1) is 6.04 Å². The number of hydrogen-bond donors (Lipinski definition) is 1. The van der Waals surface area contributed by atoms with Gasteiger partial charge < -0.3 is 15.0 Å². The van der Waals surface area contributed by atoms with Gasteiger partial charge in [0, 0.05) is 25.8 Å². The van der Waals surface area contributed by atoms with Crippen molar-refractivity contribution >= 4 is 17.7 Å². The topological polar surface area (TPSA) is 54.5 Å². The lowest BCUT2D eigenvalue weighted by Crippen LogP contribution is -2.49. The maximum Gasteiger partial charge on any atom is 0.410 e. The van der Waals surface area contributed by atoms with E-state index < -0.39 is 5.60 Å². The van der Waals surface area contributed by atoms with Crippen molar-refractivity contribution in [1.29, 1.82) is 0 Å². The highest BCUT2D eigenvalue weighted by Crippen LogP contribution is 2.20. The van der Waals surface area contributed by atoms with Crippen molar-refractivity contribution in [2.75, 3.05) is 19.6 Å². The molecule has 6 heteroatoms. The van der Waals surface area contributed by atoms with Crippen LogP contribution in [0.25, 0.3) is 0 Å². The van der Waals surface area contributed by atoms with Crippen LogP contribution < -0.4 is 5.32 Å². The molecule has 1 fully saturated rings. The van der Waals surface area contributed by atoms with Crippen LogP contribution in [0.2, 0.25) is 5.15 Å². The highest BCUT2D eigenvalue weighted by atomic mass is 35.5. The molecule has 1 N–H and O–H groups in total. The molecule has 1 atom stereocenters. The molecule has 1 aliphatic rings. The van der Waals surface area contributed by atoms with Gasteiger partial charge in [-0.3, -0.25) is 0 Å². The van der Waals surface area contributed by atoms with Gasteiger partial charge in [-0.25, -0.2) is 9.78 Å². The molecule has 5 nitrogen and oxygen atoms in total. The molecule has 20 heavy (non-hydrogen) atoms. The normalized spacial score (nSPS) is 19.8. The fourth-order valence-corrected chi connectivity index (χ4v) is 2.28. The molecule has 0 aromatic carbocycles. The van der Waals surface area contributed by atoms with Crippen molar-refractivity contribution in [2.24, 2.45) is 0 Å². The molecule has 1 saturated heterocycles. The number of amides is 1. The van der Waals surface area contributed by atoms with E-state index in [1.807, 2.05) is 32.9 Å². The molecule has 1 aromatic rings. The minimum Gasteiger partial charge on any atom is -0.444 e. The summed E-state index contributed by atoms with van der Waals surface area (Å²) in [6, 6.07) is 3.77. The Hall–Kier alpha value is -1.33. The van der Waals surface area contributed by atoms with Gasteiger partial charge >= 0.3 is 6.09 Å². The number of halogens is 1. The number of aromatic nitrogens is 1. The summed E-state index contributed by atoms with van der Waals surface area (Å²) < 4.78 is 5.41. The smallest absolute Gasteiger partial charge is 0.410 e. The zero-order valence-electron chi connectivity index (χ0n) is 12.0. The summed E-state index contributed by atoms with van der Waals surface area (Å²) in [5, 5.41) is 3.83. The first-order valence-corrected chi connectivity index (χ1v) is 7.06. The van der Waals surface area contributed by atoms with Crippen molar-refractivity contribution in [3.63, 3.8) is 0 Å². The van der Waals surface area contributed by atoms with Crippen LogP contribution in [0.1, 0.15) is 32.4 Å². The maximum absolute atomic E-state index is 12.1. The molecular formula is C14H20ClN3O2. The summed E-state index contributed by atoms with van der Waals surface area (Å²) in [5.41, 5.74) is 0.551. The van der Waals surface area contributed by atoms with Crippen molar-refractivity contribution in [2.45, 2.75) is 32.4 Å². The molecule has 0 spiro atoms. The van der Waals surface area contributed by atoms with E-state index in [0.29, 0.717) is 18.2 Å². The Morgan fingerprint density at radius 3 is 2.95 bits per heavy atom. The molecule has 0 radical (unpaired) electrons. The molecule has 110 valence electrons. The van der Waals surface area contributed by atoms with Gasteiger partial charge in [0.25, 0.3) is 0 Å². The Kier molecular flexibility index (Phi) is 4.50. The summed E-state index contributed by atoms with van der Waals surface area (Å²) in [5.74, 6) is 0. The van der Waals surface area contributed by atoms with E-state index in [-0.39, 0.29) is 12.1 Å². The number of carbonyl (C=O) groups is 1. The summed E-state index contributed by atoms with van der Waals surface area (Å²) in [6.07, 6.45) is 1.40. The highest BCUT2D eigenvalue weighted by molar-refractivity contribution is 6.29. The third kappa shape index (κ3) is 4.08. The van der Waals surface area contributed by atoms with Crippen LogP contribution in [0.5, 0.6) is 0 Å². The Labute approximate surface area is 124 Å². The van der Waals surface area contributed by atoms with E-state index in [2.05, 4.69) is 10.3 Å². The van der Waals surface area contributed by atoms with Crippen LogP contribution in [0, 0.1) is 0 Å². The van der Waals surface area contributed by atoms with Gasteiger partial charge in [0.1, 0.15) is 10.8 Å². The molecule has 1 aliphatic heterocycles. The lowest BCUT2D eigenvalue weighted by Gasteiger charge is -2.35. The monoisotopic (exact) mass is 297 g/mol. The second-order valence-corrected chi connectivity index (χ2v) is 6.23. The van der Waals surface area contributed by atoms with Gasteiger partial charge in [0.2, 0.25) is 0 Å². The molecule has 2 rings (SSSR count). The van der Waals surface area contributed by atoms with Crippen LogP contribution in [-0.2, 0) is 4.74 Å². The van der Waals surface area contributed by atoms with E-state index in [4.69, 9.17) is 16.3 Å². The lowest BCUT2D eigenvalue weighted by atomic mass is 10.1. The van der Waals surface area contributed by atoms with Gasteiger partial charge in [0.15, 0.2) is 0 Å². The van der Waals surface area contributed by atoms with Crippen LogP contribution in [0.15, 0.2) is 18.3 Å². The number of rotatable bonds is 1. The van der Waals surface area contributed by atoms with Crippen LogP contribution in [-0.4, -0.2) is 41.2 Å². The average Bonchev–Trinajstić information content (AvgIpc) is 2.37. The summed E-state index contributed by atoms with van der Waals surface area (Å²) in [4.78, 5) is 17.8. The Morgan fingerprint density at radius 1 is 1.55 bits per heavy atom. The van der Waals surface area contributed by atoms with E-state index in [1.165, 1.54) is 0 Å². The summed E-state index contributed by atoms with van der Waals surface area (Å²) >= 11 is 5.91. The fraction of sp³-hybridized carbons (Fsp3) is 0.571. The average molecular weight is 298 g/mol. The third-order valence-corrected chi connectivity index (χ3v) is 3.19. The second-order valence-electron chi connectivity index (χ2n) is 5.84. The van der Waals surface area contributed by atoms with E-state index in [0.717, 1.165) is 12.1 Å². The number of nitrogens with one attached hydrogen (secondary N) is 1. The number of nitrogens with zero attached hydrogens (tertiary/aromatic N) is 2. The Bertz CT molecular complexity index is 488. The zero-order chi connectivity index (χ0) is 14.8. The number of pyridine rings is 1. The quantitative estimate of drug-likeness (QED) is 0.810. The standard InChI is InChI=1S/C14H20ClN3O2/c1-14(2,3)20-13(19)18-7-6-16-11(9-18)10-4-5-17-12(15)8-10/h4-5,8,11,16H,6-7,9H2,1-3H3. The molecular weight excluding hydrogens is 278 g/mol. The first-order chi connectivity index (χ1) is 9.35. The molecule has 0 bridgehead atoms. The van der Waals surface area contributed by atoms with Gasteiger partial charge in [-0.05, 0) is 38.5 Å². The predicted octanol–water partition coefficient (Wildman–Crippen LogP) is 2.62. The largest absolute Gasteiger partial charge is 0.444 e. The minimum absolute atomic E-state index is 0.0526. The zero-order valence-corrected chi connectivity index (χ0v) is 12.8. The van der Waals surface area contributed by atoms with Crippen LogP contribution in [0.3, 0.4) is 0 Å². The van der Waals surface area contributed by atoms with Crippen molar-refractivity contribution in [1.82, 2.24) is 15.2 Å². The highest BCUT2D eigenvalue weighted by Gasteiger charge is 2.28. The molecule has 2 heterocycles. The van der Waals surface area contributed by atoms with Crippen molar-refractivity contribution in [3.8, 4) is 0 Å². The number of ether oxygens (including phenoxy) is 1. The van der Waals surface area contributed by atoms with Crippen molar-refractivity contribution in [3.05, 3.63) is 29.0 Å². The molecule has 1 aromatic heterocycles. The fourth-order valence-electron chi connectivity index (χ4n) is 2.10. The number of hydrogen-bond acceptors (Lipinski definition) is 4. The SMILES string of the molecule is CC(C)(C)OC(=O)N1CCNC(c2ccnc(Cl)c2)C1. The van der Waals surface area contributed by atoms with E-state index in [1.54, 1.807) is 11.1 Å². The lowest BCUT2D eigenvalue weighted by molar-refractivity contribution is 0.0195. The number of piperazine rings is 1. The Morgan fingerprint density at radius 2 is 2.30 bits per heavy atom. The molecule has 1 unspecified atom stereocenters. The first-order valence-electron chi connectivity index (χ1n) is 6.68. The van der Waals surface area contributed by atoms with Crippen molar-refractivity contribution < 1.29 is 9.53 Å².